The maximum absolute atomic E-state index is 12.8. The van der Waals surface area contributed by atoms with Gasteiger partial charge in [0.1, 0.15) is 12.7 Å². The van der Waals surface area contributed by atoms with Crippen LogP contribution in [0.2, 0.25) is 0 Å². The van der Waals surface area contributed by atoms with Crippen LogP contribution in [0.15, 0.2) is 85.1 Å². The Morgan fingerprint density at radius 2 is 0.809 bits per heavy atom. The molecule has 3 atom stereocenters. The number of rotatable bonds is 48. The molecule has 0 saturated carbocycles. The molecule has 0 fully saturated rings. The van der Waals surface area contributed by atoms with E-state index in [0.717, 1.165) is 103 Å². The van der Waals surface area contributed by atoms with Crippen LogP contribution in [0.3, 0.4) is 0 Å². The summed E-state index contributed by atoms with van der Waals surface area (Å²) in [6, 6.07) is 0. The molecule has 0 spiro atoms. The minimum atomic E-state index is -4.76. The Morgan fingerprint density at radius 3 is 1.28 bits per heavy atom. The van der Waals surface area contributed by atoms with Crippen molar-refractivity contribution in [3.63, 3.8) is 0 Å². The first-order valence-electron chi connectivity index (χ1n) is 26.5. The average Bonchev–Trinajstić information content (AvgIpc) is 3.32. The first-order chi connectivity index (χ1) is 33.2. The van der Waals surface area contributed by atoms with Crippen molar-refractivity contribution in [2.45, 2.75) is 226 Å². The lowest BCUT2D eigenvalue weighted by Gasteiger charge is -2.21. The van der Waals surface area contributed by atoms with E-state index >= 15 is 0 Å². The summed E-state index contributed by atoms with van der Waals surface area (Å²) >= 11 is 0. The first kappa shape index (κ1) is 64.7. The topological polar surface area (TPSA) is 155 Å². The van der Waals surface area contributed by atoms with Gasteiger partial charge in [-0.1, -0.05) is 196 Å². The van der Waals surface area contributed by atoms with E-state index in [1.165, 1.54) is 44.9 Å². The molecule has 0 heterocycles. The zero-order valence-electron chi connectivity index (χ0n) is 42.8. The zero-order valence-corrected chi connectivity index (χ0v) is 43.7. The van der Waals surface area contributed by atoms with Crippen LogP contribution in [0.4, 0.5) is 0 Å². The molecule has 0 rings (SSSR count). The molecule has 0 aliphatic heterocycles. The maximum atomic E-state index is 12.8. The highest BCUT2D eigenvalue weighted by Gasteiger charge is 2.28. The molecule has 390 valence electrons. The van der Waals surface area contributed by atoms with E-state index in [1.807, 2.05) is 6.08 Å². The van der Waals surface area contributed by atoms with E-state index in [-0.39, 0.29) is 25.9 Å². The third-order valence-electron chi connectivity index (χ3n) is 10.8. The van der Waals surface area contributed by atoms with Gasteiger partial charge >= 0.3 is 25.7 Å². The van der Waals surface area contributed by atoms with E-state index in [2.05, 4.69) is 99.8 Å². The summed E-state index contributed by atoms with van der Waals surface area (Å²) in [6.07, 6.45) is 55.6. The molecule has 12 heteroatoms. The lowest BCUT2D eigenvalue weighted by Crippen LogP contribution is -2.30. The molecule has 3 unspecified atom stereocenters. The fourth-order valence-corrected chi connectivity index (χ4v) is 7.57. The number of hydrogen-bond donors (Lipinski definition) is 2. The monoisotopic (exact) mass is 975 g/mol. The Kier molecular flexibility index (Phi) is 47.6. The minimum Gasteiger partial charge on any atom is -0.462 e. The van der Waals surface area contributed by atoms with Crippen LogP contribution >= 0.6 is 7.82 Å². The third kappa shape index (κ3) is 47.7. The quantitative estimate of drug-likeness (QED) is 0.0197. The molecule has 0 aromatic carbocycles. The van der Waals surface area contributed by atoms with E-state index in [9.17, 15) is 28.9 Å². The third-order valence-corrected chi connectivity index (χ3v) is 11.7. The highest BCUT2D eigenvalue weighted by molar-refractivity contribution is 7.47. The fourth-order valence-electron chi connectivity index (χ4n) is 6.78. The number of hydrogen-bond acceptors (Lipinski definition) is 10. The van der Waals surface area contributed by atoms with Crippen LogP contribution in [0.5, 0.6) is 0 Å². The van der Waals surface area contributed by atoms with Crippen molar-refractivity contribution in [1.82, 2.24) is 0 Å². The fraction of sp³-hybridized carbons (Fsp3) is 0.696. The lowest BCUT2D eigenvalue weighted by atomic mass is 10.1. The van der Waals surface area contributed by atoms with Gasteiger partial charge in [-0.05, 0) is 83.5 Å². The molecule has 0 aliphatic rings. The number of unbranched alkanes of at least 4 members (excludes halogenated alkanes) is 17. The van der Waals surface area contributed by atoms with Crippen LogP contribution in [0.1, 0.15) is 213 Å². The largest absolute Gasteiger partial charge is 0.472 e. The molecule has 0 aromatic rings. The van der Waals surface area contributed by atoms with Crippen molar-refractivity contribution in [2.75, 3.05) is 26.4 Å². The highest BCUT2D eigenvalue weighted by Crippen LogP contribution is 2.43. The van der Waals surface area contributed by atoms with Crippen molar-refractivity contribution in [3.05, 3.63) is 85.1 Å². The molecular weight excluding hydrogens is 880 g/mol. The number of allylic oxidation sites excluding steroid dienone is 14. The number of esters is 3. The normalized spacial score (nSPS) is 14.1. The molecule has 0 radical (unpaired) electrons. The maximum Gasteiger partial charge on any atom is 0.472 e. The molecule has 11 nitrogen and oxygen atoms in total. The standard InChI is InChI=1S/C56H95O11P/c1-4-7-10-13-16-19-22-24-25-26-27-29-31-33-36-39-42-45-54(58)63-49-53(67-56(60)47-44-41-38-35-32-28-23-20-17-14-11-8-5-2)51-65-68(61,62)64-50-52(48-57)66-55(59)46-43-40-37-34-30-21-18-15-12-9-6-3/h7,10-11,14,16,19-20,23-25,27,29,33,36,52-53,57H,4-6,8-9,12-13,15,17-18,21-22,26,28,30-32,34-35,37-51H2,1-3H3,(H,61,62)/b10-7-,14-11-,19-16-,23-20-,25-24-,29-27-,36-33-. The number of phosphoric acid groups is 1. The van der Waals surface area contributed by atoms with Crippen molar-refractivity contribution in [1.29, 1.82) is 0 Å². The van der Waals surface area contributed by atoms with Gasteiger partial charge < -0.3 is 24.2 Å². The second-order valence-corrected chi connectivity index (χ2v) is 18.8. The van der Waals surface area contributed by atoms with Crippen LogP contribution in [0, 0.1) is 0 Å². The second-order valence-electron chi connectivity index (χ2n) is 17.3. The van der Waals surface area contributed by atoms with Crippen molar-refractivity contribution >= 4 is 25.7 Å². The van der Waals surface area contributed by atoms with Gasteiger partial charge in [0.05, 0.1) is 19.8 Å². The highest BCUT2D eigenvalue weighted by atomic mass is 31.2. The zero-order chi connectivity index (χ0) is 49.9. The van der Waals surface area contributed by atoms with Gasteiger partial charge in [-0.3, -0.25) is 23.4 Å². The Labute approximate surface area is 413 Å². The number of ether oxygens (including phenoxy) is 3. The molecule has 0 aliphatic carbocycles. The number of aliphatic hydroxyl groups is 1. The van der Waals surface area contributed by atoms with Crippen LogP contribution in [-0.4, -0.2) is 66.5 Å². The van der Waals surface area contributed by atoms with Crippen LogP contribution in [0.25, 0.3) is 0 Å². The number of phosphoric ester groups is 1. The van der Waals surface area contributed by atoms with E-state index in [0.29, 0.717) is 25.7 Å². The number of carbonyl (C=O) groups excluding carboxylic acids is 3. The molecule has 0 aromatic heterocycles. The molecule has 0 saturated heterocycles. The van der Waals surface area contributed by atoms with Gasteiger partial charge in [0, 0.05) is 19.3 Å². The summed E-state index contributed by atoms with van der Waals surface area (Å²) in [5, 5.41) is 9.77. The first-order valence-corrected chi connectivity index (χ1v) is 28.0. The predicted octanol–water partition coefficient (Wildman–Crippen LogP) is 15.1. The summed E-state index contributed by atoms with van der Waals surface area (Å²) in [4.78, 5) is 48.3. The molecular formula is C56H95O11P. The van der Waals surface area contributed by atoms with Crippen LogP contribution in [-0.2, 0) is 42.2 Å². The number of aliphatic hydroxyl groups excluding tert-OH is 1. The van der Waals surface area contributed by atoms with Gasteiger partial charge in [-0.25, -0.2) is 4.57 Å². The van der Waals surface area contributed by atoms with Gasteiger partial charge in [0.25, 0.3) is 0 Å². The van der Waals surface area contributed by atoms with Gasteiger partial charge in [0.2, 0.25) is 0 Å². The molecule has 0 bridgehead atoms. The molecule has 0 amide bonds. The lowest BCUT2D eigenvalue weighted by molar-refractivity contribution is -0.161. The van der Waals surface area contributed by atoms with Gasteiger partial charge in [0.15, 0.2) is 6.10 Å². The summed E-state index contributed by atoms with van der Waals surface area (Å²) in [6.45, 7) is 4.36. The van der Waals surface area contributed by atoms with Crippen molar-refractivity contribution < 1.29 is 52.2 Å². The summed E-state index contributed by atoms with van der Waals surface area (Å²) in [7, 11) is -4.76. The Morgan fingerprint density at radius 1 is 0.426 bits per heavy atom. The smallest absolute Gasteiger partial charge is 0.462 e. The average molecular weight is 975 g/mol. The Bertz CT molecular complexity index is 1460. The second kappa shape index (κ2) is 50.1. The summed E-state index contributed by atoms with van der Waals surface area (Å²) < 4.78 is 39.3. The van der Waals surface area contributed by atoms with Crippen molar-refractivity contribution in [3.8, 4) is 0 Å². The van der Waals surface area contributed by atoms with E-state index < -0.39 is 57.8 Å². The van der Waals surface area contributed by atoms with Crippen molar-refractivity contribution in [2.24, 2.45) is 0 Å². The summed E-state index contributed by atoms with van der Waals surface area (Å²) in [5.41, 5.74) is 0. The minimum absolute atomic E-state index is 0.137. The molecule has 2 N–H and O–H groups in total. The van der Waals surface area contributed by atoms with Gasteiger partial charge in [-0.2, -0.15) is 0 Å². The van der Waals surface area contributed by atoms with Crippen LogP contribution < -0.4 is 0 Å². The Balaban J connectivity index is 4.84. The molecule has 68 heavy (non-hydrogen) atoms. The number of carbonyl (C=O) groups is 3. The summed E-state index contributed by atoms with van der Waals surface area (Å²) in [5.74, 6) is -1.56. The van der Waals surface area contributed by atoms with E-state index in [1.54, 1.807) is 0 Å². The van der Waals surface area contributed by atoms with Gasteiger partial charge in [-0.15, -0.1) is 0 Å². The SMILES string of the molecule is CC/C=C\C/C=C\C/C=C\C/C=C\C/C=C\CCCC(=O)OCC(COP(=O)(O)OCC(CO)OC(=O)CCCCCCCCCCCCC)OC(=O)CCCCCCC/C=C\C/C=C\CCC. The Hall–Kier alpha value is -3.34. The van der Waals surface area contributed by atoms with E-state index in [4.69, 9.17) is 23.3 Å². The predicted molar refractivity (Wildman–Crippen MR) is 279 cm³/mol.